The molecule has 2 aliphatic carbocycles. The summed E-state index contributed by atoms with van der Waals surface area (Å²) in [6.07, 6.45) is 13.9. The summed E-state index contributed by atoms with van der Waals surface area (Å²) in [6, 6.07) is 5.88. The number of aliphatic hydroxyl groups is 1. The largest absolute Gasteiger partial charge is 0.451 e. The Bertz CT molecular complexity index is 1160. The Morgan fingerprint density at radius 2 is 1.86 bits per heavy atom. The highest BCUT2D eigenvalue weighted by molar-refractivity contribution is 7.89. The fraction of sp³-hybridized carbons (Fsp3) is 0.462. The molecule has 2 unspecified atom stereocenters. The van der Waals surface area contributed by atoms with Gasteiger partial charge in [0.25, 0.3) is 0 Å². The molecule has 0 saturated heterocycles. The quantitative estimate of drug-likeness (QED) is 0.511. The van der Waals surface area contributed by atoms with Crippen LogP contribution in [0.15, 0.2) is 70.5 Å². The highest BCUT2D eigenvalue weighted by Gasteiger charge is 2.36. The molecule has 1 fully saturated rings. The Hall–Kier alpha value is -2.75. The molecule has 3 N–H and O–H groups in total. The first-order valence-electron chi connectivity index (χ1n) is 12.0. The van der Waals surface area contributed by atoms with Crippen molar-refractivity contribution in [1.29, 1.82) is 0 Å². The fourth-order valence-electron chi connectivity index (χ4n) is 4.85. The summed E-state index contributed by atoms with van der Waals surface area (Å²) < 4.78 is 33.5. The van der Waals surface area contributed by atoms with Crippen LogP contribution in [0.5, 0.6) is 0 Å². The topological polar surface area (TPSA) is 122 Å². The first-order valence-corrected chi connectivity index (χ1v) is 13.5. The normalized spacial score (nSPS) is 23.7. The van der Waals surface area contributed by atoms with Gasteiger partial charge < -0.3 is 14.8 Å². The number of amides is 1. The molecule has 4 rings (SSSR count). The van der Waals surface area contributed by atoms with Crippen molar-refractivity contribution in [3.63, 3.8) is 0 Å². The summed E-state index contributed by atoms with van der Waals surface area (Å²) in [7, 11) is -3.68. The molecule has 1 saturated carbocycles. The molecule has 1 aromatic heterocycles. The maximum absolute atomic E-state index is 13.0. The number of aromatic nitrogens is 1. The first kappa shape index (κ1) is 25.3. The van der Waals surface area contributed by atoms with Crippen molar-refractivity contribution < 1.29 is 22.7 Å². The van der Waals surface area contributed by atoms with Gasteiger partial charge in [-0.2, -0.15) is 0 Å². The Morgan fingerprint density at radius 1 is 1.14 bits per heavy atom. The van der Waals surface area contributed by atoms with Gasteiger partial charge in [-0.25, -0.2) is 18.1 Å². The number of sulfonamides is 1. The van der Waals surface area contributed by atoms with E-state index in [1.54, 1.807) is 38.1 Å². The average Bonchev–Trinajstić information content (AvgIpc) is 3.38. The molecule has 0 spiro atoms. The van der Waals surface area contributed by atoms with E-state index in [9.17, 15) is 18.3 Å². The van der Waals surface area contributed by atoms with Crippen LogP contribution < -0.4 is 10.0 Å². The highest BCUT2D eigenvalue weighted by Crippen LogP contribution is 2.29. The zero-order valence-corrected chi connectivity index (χ0v) is 20.9. The van der Waals surface area contributed by atoms with Crippen LogP contribution >= 0.6 is 0 Å². The number of benzene rings is 1. The number of nitrogens with one attached hydrogen (secondary N) is 2. The Kier molecular flexibility index (Phi) is 7.59. The van der Waals surface area contributed by atoms with Gasteiger partial charge in [-0.3, -0.25) is 4.79 Å². The summed E-state index contributed by atoms with van der Waals surface area (Å²) >= 11 is 0. The van der Waals surface area contributed by atoms with Gasteiger partial charge in [-0.05, 0) is 58.1 Å². The molecule has 8 nitrogen and oxygen atoms in total. The third-order valence-corrected chi connectivity index (χ3v) is 8.35. The lowest BCUT2D eigenvalue weighted by atomic mass is 9.81. The second-order valence-corrected chi connectivity index (χ2v) is 11.6. The second-order valence-electron chi connectivity index (χ2n) is 9.92. The molecule has 188 valence electrons. The molecule has 0 radical (unpaired) electrons. The molecular formula is C26H33N3O5S. The van der Waals surface area contributed by atoms with Crippen LogP contribution in [0.2, 0.25) is 0 Å². The van der Waals surface area contributed by atoms with Gasteiger partial charge in [0.15, 0.2) is 6.39 Å². The number of hydrogen-bond acceptors (Lipinski definition) is 6. The van der Waals surface area contributed by atoms with E-state index in [0.717, 1.165) is 12.0 Å². The standard InChI is InChI=1S/C26H33N3O5S/c1-26(2,31)24(19-6-4-3-5-7-19)28-25(30)20-8-12-21(13-9-20)29-35(32,33)22-14-10-18(11-15-22)23-16-34-17-27-23/h3-6,10-11,14-17,19-21,24,29,31H,7-9,12-13H2,1-2H3,(H,28,30). The van der Waals surface area contributed by atoms with Crippen LogP contribution in [0.25, 0.3) is 11.3 Å². The van der Waals surface area contributed by atoms with E-state index in [0.29, 0.717) is 31.4 Å². The van der Waals surface area contributed by atoms with E-state index in [1.807, 2.05) is 24.3 Å². The van der Waals surface area contributed by atoms with E-state index in [4.69, 9.17) is 4.42 Å². The lowest BCUT2D eigenvalue weighted by Gasteiger charge is -2.37. The van der Waals surface area contributed by atoms with Crippen molar-refractivity contribution in [1.82, 2.24) is 15.0 Å². The number of carbonyl (C=O) groups is 1. The van der Waals surface area contributed by atoms with Crippen molar-refractivity contribution in [3.8, 4) is 11.3 Å². The van der Waals surface area contributed by atoms with Crippen LogP contribution in [-0.4, -0.2) is 42.1 Å². The number of nitrogens with zero attached hydrogens (tertiary/aromatic N) is 1. The van der Waals surface area contributed by atoms with Gasteiger partial charge in [-0.1, -0.05) is 36.4 Å². The summed E-state index contributed by atoms with van der Waals surface area (Å²) in [5.41, 5.74) is 0.348. The monoisotopic (exact) mass is 499 g/mol. The van der Waals surface area contributed by atoms with Crippen LogP contribution in [0.3, 0.4) is 0 Å². The van der Waals surface area contributed by atoms with E-state index >= 15 is 0 Å². The van der Waals surface area contributed by atoms with Crippen LogP contribution in [0.4, 0.5) is 0 Å². The lowest BCUT2D eigenvalue weighted by Crippen LogP contribution is -2.55. The van der Waals surface area contributed by atoms with Gasteiger partial charge in [0, 0.05) is 23.4 Å². The average molecular weight is 500 g/mol. The Labute approximate surface area is 206 Å². The zero-order chi connectivity index (χ0) is 25.1. The zero-order valence-electron chi connectivity index (χ0n) is 20.1. The van der Waals surface area contributed by atoms with E-state index in [1.165, 1.54) is 12.7 Å². The van der Waals surface area contributed by atoms with Crippen LogP contribution in [0, 0.1) is 11.8 Å². The molecule has 35 heavy (non-hydrogen) atoms. The number of hydrogen-bond donors (Lipinski definition) is 3. The molecule has 1 heterocycles. The molecule has 2 aromatic rings. The van der Waals surface area contributed by atoms with Crippen LogP contribution in [0.1, 0.15) is 46.0 Å². The molecule has 1 aromatic carbocycles. The van der Waals surface area contributed by atoms with Gasteiger partial charge in [0.2, 0.25) is 15.9 Å². The third-order valence-electron chi connectivity index (χ3n) is 6.81. The number of allylic oxidation sites excluding steroid dienone is 3. The highest BCUT2D eigenvalue weighted by atomic mass is 32.2. The molecule has 0 bridgehead atoms. The third kappa shape index (κ3) is 6.28. The minimum absolute atomic E-state index is 0.0303. The molecule has 2 atom stereocenters. The Morgan fingerprint density at radius 3 is 2.43 bits per heavy atom. The molecule has 2 aliphatic rings. The Balaban J connectivity index is 1.32. The first-order chi connectivity index (χ1) is 16.6. The predicted molar refractivity (Wildman–Crippen MR) is 133 cm³/mol. The predicted octanol–water partition coefficient (Wildman–Crippen LogP) is 3.57. The SMILES string of the molecule is CC(C)(O)C(NC(=O)C1CCC(NS(=O)(=O)c2ccc(-c3cocn3)cc2)CC1)C1C=CC=CC1. The molecule has 0 aliphatic heterocycles. The number of carbonyl (C=O) groups excluding carboxylic acids is 1. The lowest BCUT2D eigenvalue weighted by molar-refractivity contribution is -0.129. The molecule has 9 heteroatoms. The summed E-state index contributed by atoms with van der Waals surface area (Å²) in [4.78, 5) is 17.3. The van der Waals surface area contributed by atoms with Crippen molar-refractivity contribution in [3.05, 3.63) is 61.2 Å². The summed E-state index contributed by atoms with van der Waals surface area (Å²) in [5.74, 6) is -0.252. The molecular weight excluding hydrogens is 466 g/mol. The maximum Gasteiger partial charge on any atom is 0.240 e. The summed E-state index contributed by atoms with van der Waals surface area (Å²) in [5, 5.41) is 13.7. The number of rotatable bonds is 8. The van der Waals surface area contributed by atoms with Gasteiger partial charge >= 0.3 is 0 Å². The van der Waals surface area contributed by atoms with E-state index in [-0.39, 0.29) is 28.7 Å². The number of oxazole rings is 1. The summed E-state index contributed by atoms with van der Waals surface area (Å²) in [6.45, 7) is 3.43. The smallest absolute Gasteiger partial charge is 0.240 e. The van der Waals surface area contributed by atoms with Crippen molar-refractivity contribution in [2.75, 3.05) is 0 Å². The van der Waals surface area contributed by atoms with Gasteiger partial charge in [-0.15, -0.1) is 0 Å². The van der Waals surface area contributed by atoms with Crippen molar-refractivity contribution in [2.45, 2.75) is 68.5 Å². The second kappa shape index (κ2) is 10.5. The minimum Gasteiger partial charge on any atom is -0.451 e. The maximum atomic E-state index is 13.0. The van der Waals surface area contributed by atoms with Gasteiger partial charge in [0.1, 0.15) is 12.0 Å². The van der Waals surface area contributed by atoms with E-state index < -0.39 is 21.7 Å². The fourth-order valence-corrected chi connectivity index (χ4v) is 6.15. The van der Waals surface area contributed by atoms with E-state index in [2.05, 4.69) is 15.0 Å². The van der Waals surface area contributed by atoms with Crippen molar-refractivity contribution >= 4 is 15.9 Å². The van der Waals surface area contributed by atoms with Gasteiger partial charge in [0.05, 0.1) is 16.5 Å². The van der Waals surface area contributed by atoms with Crippen molar-refractivity contribution in [2.24, 2.45) is 11.8 Å². The minimum atomic E-state index is -3.68. The van der Waals surface area contributed by atoms with Crippen LogP contribution in [-0.2, 0) is 14.8 Å². The molecule has 1 amide bonds.